The van der Waals surface area contributed by atoms with Crippen LogP contribution in [0.25, 0.3) is 0 Å². The second-order valence-corrected chi connectivity index (χ2v) is 7.87. The molecule has 0 unspecified atom stereocenters. The van der Waals surface area contributed by atoms with Gasteiger partial charge >= 0.3 is 5.97 Å². The maximum Gasteiger partial charge on any atom is 0.306 e. The number of halogens is 3. The van der Waals surface area contributed by atoms with Crippen LogP contribution in [-0.2, 0) is 19.1 Å². The summed E-state index contributed by atoms with van der Waals surface area (Å²) in [6.45, 7) is 1.45. The van der Waals surface area contributed by atoms with Gasteiger partial charge in [0.1, 0.15) is 0 Å². The maximum absolute atomic E-state index is 11.9. The van der Waals surface area contributed by atoms with Crippen LogP contribution in [0.5, 0.6) is 0 Å². The number of hydrogen-bond donors (Lipinski definition) is 2. The molecular weight excluding hydrogens is 483 g/mol. The highest BCUT2D eigenvalue weighted by Gasteiger charge is 2.10. The molecule has 0 spiro atoms. The molecule has 2 amide bonds. The standard InChI is InChI=1S/C20H19BrCl2N2O4/c1-12-5-6-13(9-16(12)22)24-18(26)3-2-4-20(28)29-11-19(27)25-14-7-8-15(21)17(23)10-14/h5-10H,2-4,11H2,1H3,(H,24,26)(H,25,27). The minimum absolute atomic E-state index is 0.0272. The predicted molar refractivity (Wildman–Crippen MR) is 117 cm³/mol. The number of carbonyl (C=O) groups excluding carboxylic acids is 3. The zero-order valence-electron chi connectivity index (χ0n) is 15.6. The lowest BCUT2D eigenvalue weighted by atomic mass is 10.2. The summed E-state index contributed by atoms with van der Waals surface area (Å²) in [4.78, 5) is 35.5. The van der Waals surface area contributed by atoms with Crippen molar-refractivity contribution in [3.8, 4) is 0 Å². The molecule has 2 N–H and O–H groups in total. The zero-order chi connectivity index (χ0) is 21.4. The number of carbonyl (C=O) groups is 3. The van der Waals surface area contributed by atoms with Crippen molar-refractivity contribution in [2.45, 2.75) is 26.2 Å². The van der Waals surface area contributed by atoms with Crippen molar-refractivity contribution in [3.05, 3.63) is 56.5 Å². The topological polar surface area (TPSA) is 84.5 Å². The Morgan fingerprint density at radius 1 is 0.931 bits per heavy atom. The Kier molecular flexibility index (Phi) is 8.95. The molecule has 0 heterocycles. The molecule has 2 aromatic rings. The van der Waals surface area contributed by atoms with Crippen LogP contribution in [-0.4, -0.2) is 24.4 Å². The zero-order valence-corrected chi connectivity index (χ0v) is 18.7. The second-order valence-electron chi connectivity index (χ2n) is 6.20. The number of nitrogens with one attached hydrogen (secondary N) is 2. The molecule has 6 nitrogen and oxygen atoms in total. The molecule has 0 radical (unpaired) electrons. The molecule has 0 fully saturated rings. The van der Waals surface area contributed by atoms with E-state index in [1.807, 2.05) is 13.0 Å². The van der Waals surface area contributed by atoms with Crippen LogP contribution in [0.1, 0.15) is 24.8 Å². The molecule has 9 heteroatoms. The van der Waals surface area contributed by atoms with Crippen LogP contribution in [0.2, 0.25) is 10.0 Å². The summed E-state index contributed by atoms with van der Waals surface area (Å²) in [6.07, 6.45) is 0.470. The lowest BCUT2D eigenvalue weighted by Crippen LogP contribution is -2.21. The van der Waals surface area contributed by atoms with Gasteiger partial charge in [0.05, 0.1) is 5.02 Å². The van der Waals surface area contributed by atoms with Gasteiger partial charge in [-0.3, -0.25) is 14.4 Å². The predicted octanol–water partition coefficient (Wildman–Crippen LogP) is 5.36. The molecule has 0 saturated carbocycles. The van der Waals surface area contributed by atoms with E-state index >= 15 is 0 Å². The number of anilines is 2. The van der Waals surface area contributed by atoms with E-state index in [1.165, 1.54) is 0 Å². The van der Waals surface area contributed by atoms with Gasteiger partial charge in [0, 0.05) is 33.7 Å². The highest BCUT2D eigenvalue weighted by Crippen LogP contribution is 2.25. The number of aryl methyl sites for hydroxylation is 1. The second kappa shape index (κ2) is 11.2. The van der Waals surface area contributed by atoms with Gasteiger partial charge in [0.2, 0.25) is 5.91 Å². The minimum Gasteiger partial charge on any atom is -0.456 e. The SMILES string of the molecule is Cc1ccc(NC(=O)CCCC(=O)OCC(=O)Nc2ccc(Br)c(Cl)c2)cc1Cl. The van der Waals surface area contributed by atoms with Crippen LogP contribution in [0.15, 0.2) is 40.9 Å². The molecule has 0 aliphatic carbocycles. The Bertz CT molecular complexity index is 921. The van der Waals surface area contributed by atoms with Gasteiger partial charge in [-0.25, -0.2) is 0 Å². The number of benzene rings is 2. The first-order valence-electron chi connectivity index (χ1n) is 8.71. The van der Waals surface area contributed by atoms with Crippen LogP contribution in [0, 0.1) is 6.92 Å². The fourth-order valence-electron chi connectivity index (χ4n) is 2.28. The Morgan fingerprint density at radius 3 is 2.21 bits per heavy atom. The number of rotatable bonds is 8. The Balaban J connectivity index is 1.65. The van der Waals surface area contributed by atoms with Gasteiger partial charge in [-0.1, -0.05) is 29.3 Å². The molecule has 0 atom stereocenters. The first-order valence-corrected chi connectivity index (χ1v) is 10.3. The molecule has 154 valence electrons. The van der Waals surface area contributed by atoms with E-state index in [4.69, 9.17) is 27.9 Å². The van der Waals surface area contributed by atoms with E-state index < -0.39 is 18.5 Å². The van der Waals surface area contributed by atoms with E-state index in [0.717, 1.165) is 5.56 Å². The fraction of sp³-hybridized carbons (Fsp3) is 0.250. The summed E-state index contributed by atoms with van der Waals surface area (Å²) >= 11 is 15.2. The average molecular weight is 502 g/mol. The lowest BCUT2D eigenvalue weighted by Gasteiger charge is -2.08. The number of amides is 2. The van der Waals surface area contributed by atoms with Crippen molar-refractivity contribution in [1.82, 2.24) is 0 Å². The normalized spacial score (nSPS) is 10.3. The smallest absolute Gasteiger partial charge is 0.306 e. The lowest BCUT2D eigenvalue weighted by molar-refractivity contribution is -0.147. The average Bonchev–Trinajstić information content (AvgIpc) is 2.66. The highest BCUT2D eigenvalue weighted by molar-refractivity contribution is 9.10. The first kappa shape index (κ1) is 23.2. The quantitative estimate of drug-likeness (QED) is 0.477. The molecule has 2 rings (SSSR count). The molecule has 0 aromatic heterocycles. The van der Waals surface area contributed by atoms with E-state index in [2.05, 4.69) is 26.6 Å². The van der Waals surface area contributed by atoms with Gasteiger partial charge < -0.3 is 15.4 Å². The molecule has 0 aliphatic heterocycles. The van der Waals surface area contributed by atoms with E-state index in [1.54, 1.807) is 30.3 Å². The summed E-state index contributed by atoms with van der Waals surface area (Å²) in [7, 11) is 0. The van der Waals surface area contributed by atoms with Gasteiger partial charge in [-0.15, -0.1) is 0 Å². The monoisotopic (exact) mass is 500 g/mol. The third-order valence-electron chi connectivity index (χ3n) is 3.81. The first-order chi connectivity index (χ1) is 13.7. The minimum atomic E-state index is -0.555. The maximum atomic E-state index is 11.9. The van der Waals surface area contributed by atoms with E-state index in [0.29, 0.717) is 32.3 Å². The van der Waals surface area contributed by atoms with E-state index in [9.17, 15) is 14.4 Å². The number of esters is 1. The third kappa shape index (κ3) is 8.04. The molecular formula is C20H19BrCl2N2O4. The van der Waals surface area contributed by atoms with Crippen LogP contribution >= 0.6 is 39.1 Å². The summed E-state index contributed by atoms with van der Waals surface area (Å²) in [5, 5.41) is 6.31. The third-order valence-corrected chi connectivity index (χ3v) is 5.45. The van der Waals surface area contributed by atoms with E-state index in [-0.39, 0.29) is 18.7 Å². The van der Waals surface area contributed by atoms with Crippen LogP contribution in [0.3, 0.4) is 0 Å². The van der Waals surface area contributed by atoms with Crippen molar-refractivity contribution in [2.24, 2.45) is 0 Å². The summed E-state index contributed by atoms with van der Waals surface area (Å²) in [5.74, 6) is -1.27. The van der Waals surface area contributed by atoms with Crippen molar-refractivity contribution in [3.63, 3.8) is 0 Å². The highest BCUT2D eigenvalue weighted by atomic mass is 79.9. The number of ether oxygens (including phenoxy) is 1. The number of hydrogen-bond acceptors (Lipinski definition) is 4. The van der Waals surface area contributed by atoms with Crippen molar-refractivity contribution < 1.29 is 19.1 Å². The van der Waals surface area contributed by atoms with Gasteiger partial charge in [-0.05, 0) is 65.2 Å². The Labute approximate surface area is 187 Å². The van der Waals surface area contributed by atoms with Crippen molar-refractivity contribution >= 4 is 68.3 Å². The van der Waals surface area contributed by atoms with Crippen LogP contribution < -0.4 is 10.6 Å². The molecule has 29 heavy (non-hydrogen) atoms. The molecule has 0 saturated heterocycles. The van der Waals surface area contributed by atoms with Crippen molar-refractivity contribution in [1.29, 1.82) is 0 Å². The summed E-state index contributed by atoms with van der Waals surface area (Å²) < 4.78 is 5.62. The summed E-state index contributed by atoms with van der Waals surface area (Å²) in [6, 6.07) is 10.2. The molecule has 0 bridgehead atoms. The summed E-state index contributed by atoms with van der Waals surface area (Å²) in [5.41, 5.74) is 2.00. The van der Waals surface area contributed by atoms with Gasteiger partial charge in [0.15, 0.2) is 6.61 Å². The molecule has 0 aliphatic rings. The Hall–Kier alpha value is -2.09. The van der Waals surface area contributed by atoms with Gasteiger partial charge in [0.25, 0.3) is 5.91 Å². The van der Waals surface area contributed by atoms with Crippen molar-refractivity contribution in [2.75, 3.05) is 17.2 Å². The fourth-order valence-corrected chi connectivity index (χ4v) is 2.88. The van der Waals surface area contributed by atoms with Gasteiger partial charge in [-0.2, -0.15) is 0 Å². The largest absolute Gasteiger partial charge is 0.456 e. The molecule has 2 aromatic carbocycles. The van der Waals surface area contributed by atoms with Crippen LogP contribution in [0.4, 0.5) is 11.4 Å². The Morgan fingerprint density at radius 2 is 1.55 bits per heavy atom.